The van der Waals surface area contributed by atoms with Gasteiger partial charge in [0.05, 0.1) is 0 Å². The molecule has 0 aliphatic heterocycles. The number of hydrogen-bond donors (Lipinski definition) is 3. The largest absolute Gasteiger partial charge is 0.480 e. The van der Waals surface area contributed by atoms with E-state index in [1.54, 1.807) is 19.1 Å². The summed E-state index contributed by atoms with van der Waals surface area (Å²) in [6.45, 7) is 1.85. The van der Waals surface area contributed by atoms with E-state index in [1.165, 1.54) is 6.07 Å². The summed E-state index contributed by atoms with van der Waals surface area (Å²) < 4.78 is 6.28. The van der Waals surface area contributed by atoms with Crippen LogP contribution in [-0.2, 0) is 9.53 Å². The van der Waals surface area contributed by atoms with Crippen LogP contribution in [0.2, 0.25) is 0 Å². The third-order valence-corrected chi connectivity index (χ3v) is 6.38. The number of halogens is 1. The zero-order valence-corrected chi connectivity index (χ0v) is 20.5. The minimum Gasteiger partial charge on any atom is -0.480 e. The monoisotopic (exact) mass is 570 g/mol. The highest BCUT2D eigenvalue weighted by atomic mass is 127. The number of carboxylic acid groups (broad SMARTS) is 1. The van der Waals surface area contributed by atoms with Crippen LogP contribution in [-0.4, -0.2) is 35.7 Å². The lowest BCUT2D eigenvalue weighted by Gasteiger charge is -2.15. The summed E-state index contributed by atoms with van der Waals surface area (Å²) in [5.74, 6) is -1.68. The molecule has 3 aromatic rings. The van der Waals surface area contributed by atoms with Crippen molar-refractivity contribution in [1.82, 2.24) is 5.32 Å². The molecule has 0 aromatic heterocycles. The number of benzene rings is 3. The fraction of sp³-hybridized carbons (Fsp3) is 0.192. The van der Waals surface area contributed by atoms with E-state index in [4.69, 9.17) is 4.74 Å². The summed E-state index contributed by atoms with van der Waals surface area (Å²) in [6.07, 6.45) is -0.372. The number of hydrogen-bond acceptors (Lipinski definition) is 4. The Morgan fingerprint density at radius 2 is 1.62 bits per heavy atom. The van der Waals surface area contributed by atoms with Gasteiger partial charge in [-0.25, -0.2) is 9.59 Å². The summed E-state index contributed by atoms with van der Waals surface area (Å²) in [6, 6.07) is 20.0. The molecule has 0 spiro atoms. The molecule has 34 heavy (non-hydrogen) atoms. The lowest BCUT2D eigenvalue weighted by Crippen LogP contribution is -2.40. The van der Waals surface area contributed by atoms with Crippen LogP contribution in [0.4, 0.5) is 10.5 Å². The van der Waals surface area contributed by atoms with Gasteiger partial charge in [0.15, 0.2) is 0 Å². The third-order valence-electron chi connectivity index (χ3n) is 5.76. The number of carbonyl (C=O) groups excluding carboxylic acids is 2. The quantitative estimate of drug-likeness (QED) is 0.337. The molecule has 4 rings (SSSR count). The molecule has 0 radical (unpaired) electrons. The second kappa shape index (κ2) is 10.3. The van der Waals surface area contributed by atoms with E-state index in [1.807, 2.05) is 59.0 Å². The SMILES string of the molecule is CC[C@H](NC(=O)c1cc(I)cc(NC(=O)OCC2c3ccccc3-c3ccccc32)c1)C(=O)O. The van der Waals surface area contributed by atoms with Gasteiger partial charge in [-0.3, -0.25) is 10.1 Å². The van der Waals surface area contributed by atoms with Crippen LogP contribution in [0.3, 0.4) is 0 Å². The van der Waals surface area contributed by atoms with Gasteiger partial charge in [0.1, 0.15) is 12.6 Å². The van der Waals surface area contributed by atoms with Crippen molar-refractivity contribution in [1.29, 1.82) is 0 Å². The highest BCUT2D eigenvalue weighted by Crippen LogP contribution is 2.44. The van der Waals surface area contributed by atoms with Gasteiger partial charge in [-0.2, -0.15) is 0 Å². The normalized spacial score (nSPS) is 12.9. The molecule has 7 nitrogen and oxygen atoms in total. The smallest absolute Gasteiger partial charge is 0.411 e. The average Bonchev–Trinajstić information content (AvgIpc) is 3.14. The van der Waals surface area contributed by atoms with Crippen LogP contribution < -0.4 is 10.6 Å². The Morgan fingerprint density at radius 1 is 1.00 bits per heavy atom. The number of ether oxygens (including phenoxy) is 1. The van der Waals surface area contributed by atoms with Crippen LogP contribution in [0.5, 0.6) is 0 Å². The summed E-state index contributed by atoms with van der Waals surface area (Å²) in [7, 11) is 0. The van der Waals surface area contributed by atoms with E-state index in [9.17, 15) is 19.5 Å². The van der Waals surface area contributed by atoms with Crippen LogP contribution in [0.25, 0.3) is 11.1 Å². The van der Waals surface area contributed by atoms with E-state index in [0.29, 0.717) is 9.26 Å². The Hall–Kier alpha value is -3.40. The summed E-state index contributed by atoms with van der Waals surface area (Å²) in [5, 5.41) is 14.3. The predicted octanol–water partition coefficient (Wildman–Crippen LogP) is 5.25. The van der Waals surface area contributed by atoms with E-state index in [0.717, 1.165) is 22.3 Å². The highest BCUT2D eigenvalue weighted by molar-refractivity contribution is 14.1. The predicted molar refractivity (Wildman–Crippen MR) is 137 cm³/mol. The molecule has 0 saturated heterocycles. The molecule has 3 N–H and O–H groups in total. The summed E-state index contributed by atoms with van der Waals surface area (Å²) in [4.78, 5) is 36.3. The number of carbonyl (C=O) groups is 3. The minimum absolute atomic E-state index is 0.0580. The van der Waals surface area contributed by atoms with Gasteiger partial charge < -0.3 is 15.2 Å². The first kappa shape index (κ1) is 23.7. The Labute approximate surface area is 210 Å². The molecule has 3 aromatic carbocycles. The van der Waals surface area contributed by atoms with Crippen molar-refractivity contribution in [3.05, 3.63) is 87.0 Å². The Bertz CT molecular complexity index is 1210. The molecule has 0 bridgehead atoms. The van der Waals surface area contributed by atoms with Crippen LogP contribution in [0.1, 0.15) is 40.7 Å². The fourth-order valence-corrected chi connectivity index (χ4v) is 4.80. The first-order valence-electron chi connectivity index (χ1n) is 10.8. The van der Waals surface area contributed by atoms with E-state index >= 15 is 0 Å². The van der Waals surface area contributed by atoms with Crippen molar-refractivity contribution in [2.45, 2.75) is 25.3 Å². The molecule has 0 fully saturated rings. The first-order chi connectivity index (χ1) is 16.4. The fourth-order valence-electron chi connectivity index (χ4n) is 4.13. The van der Waals surface area contributed by atoms with Crippen molar-refractivity contribution >= 4 is 46.2 Å². The Morgan fingerprint density at radius 3 is 2.21 bits per heavy atom. The topological polar surface area (TPSA) is 105 Å². The first-order valence-corrected chi connectivity index (χ1v) is 11.9. The molecular weight excluding hydrogens is 547 g/mol. The number of anilines is 1. The van der Waals surface area contributed by atoms with Gasteiger partial charge in [0.25, 0.3) is 5.91 Å². The summed E-state index contributed by atoms with van der Waals surface area (Å²) in [5.41, 5.74) is 5.17. The van der Waals surface area contributed by atoms with Crippen molar-refractivity contribution in [3.8, 4) is 11.1 Å². The van der Waals surface area contributed by atoms with Gasteiger partial charge in [-0.1, -0.05) is 55.5 Å². The second-order valence-electron chi connectivity index (χ2n) is 7.95. The van der Waals surface area contributed by atoms with Crippen LogP contribution >= 0.6 is 22.6 Å². The van der Waals surface area contributed by atoms with Gasteiger partial charge >= 0.3 is 12.1 Å². The van der Waals surface area contributed by atoms with Gasteiger partial charge in [0, 0.05) is 20.7 Å². The number of carboxylic acids is 1. The minimum atomic E-state index is -1.10. The van der Waals surface area contributed by atoms with Gasteiger partial charge in [0.2, 0.25) is 0 Å². The molecule has 8 heteroatoms. The number of fused-ring (bicyclic) bond motifs is 3. The highest BCUT2D eigenvalue weighted by Gasteiger charge is 2.29. The van der Waals surface area contributed by atoms with Crippen molar-refractivity contribution in [2.75, 3.05) is 11.9 Å². The van der Waals surface area contributed by atoms with E-state index < -0.39 is 24.0 Å². The number of aliphatic carboxylic acids is 1. The van der Waals surface area contributed by atoms with Crippen LogP contribution in [0.15, 0.2) is 66.7 Å². The molecule has 1 aliphatic rings. The van der Waals surface area contributed by atoms with Gasteiger partial charge in [-0.05, 0) is 69.5 Å². The maximum Gasteiger partial charge on any atom is 0.411 e. The molecule has 0 saturated carbocycles. The molecular formula is C26H23IN2O5. The zero-order valence-electron chi connectivity index (χ0n) is 18.4. The lowest BCUT2D eigenvalue weighted by molar-refractivity contribution is -0.139. The number of nitrogens with one attached hydrogen (secondary N) is 2. The summed E-state index contributed by atoms with van der Waals surface area (Å²) >= 11 is 2.03. The van der Waals surface area contributed by atoms with Crippen molar-refractivity contribution < 1.29 is 24.2 Å². The Balaban J connectivity index is 1.44. The third kappa shape index (κ3) is 5.06. The number of amides is 2. The Kier molecular flexibility index (Phi) is 7.16. The van der Waals surface area contributed by atoms with E-state index in [2.05, 4.69) is 22.8 Å². The maximum atomic E-state index is 12.6. The van der Waals surface area contributed by atoms with E-state index in [-0.39, 0.29) is 24.5 Å². The molecule has 1 atom stereocenters. The molecule has 174 valence electrons. The zero-order chi connectivity index (χ0) is 24.2. The molecule has 1 aliphatic carbocycles. The van der Waals surface area contributed by atoms with Crippen LogP contribution in [0, 0.1) is 3.57 Å². The standard InChI is InChI=1S/C26H23IN2O5/c1-2-23(25(31)32)29-24(30)15-11-16(27)13-17(12-15)28-26(33)34-14-22-20-9-5-3-7-18(20)19-8-4-6-10-21(19)22/h3-13,22-23H,2,14H2,1H3,(H,28,33)(H,29,30)(H,31,32)/t23-/m0/s1. The maximum absolute atomic E-state index is 12.6. The molecule has 0 heterocycles. The number of rotatable bonds is 7. The van der Waals surface area contributed by atoms with Gasteiger partial charge in [-0.15, -0.1) is 0 Å². The molecule has 0 unspecified atom stereocenters. The van der Waals surface area contributed by atoms with Crippen molar-refractivity contribution in [3.63, 3.8) is 0 Å². The lowest BCUT2D eigenvalue weighted by atomic mass is 9.98. The molecule has 2 amide bonds. The average molecular weight is 570 g/mol. The second-order valence-corrected chi connectivity index (χ2v) is 9.20. The van der Waals surface area contributed by atoms with Crippen molar-refractivity contribution in [2.24, 2.45) is 0 Å².